The zero-order valence-electron chi connectivity index (χ0n) is 7.93. The number of ether oxygens (including phenoxy) is 1. The first kappa shape index (κ1) is 11.4. The standard InChI is InChI=1S/C8H12N2O5/c9-4(7(12)13)3-6(11)10-5-1-2-15-8(5)14/h4-5H,1-3,9H2,(H,10,11)(H,12,13)/t4-,5-/m0/s1. The largest absolute Gasteiger partial charge is 0.480 e. The lowest BCUT2D eigenvalue weighted by molar-refractivity contribution is -0.142. The fourth-order valence-electron chi connectivity index (χ4n) is 1.17. The van der Waals surface area contributed by atoms with Crippen LogP contribution in [0.4, 0.5) is 0 Å². The predicted molar refractivity (Wildman–Crippen MR) is 47.7 cm³/mol. The van der Waals surface area contributed by atoms with E-state index in [0.717, 1.165) is 0 Å². The van der Waals surface area contributed by atoms with E-state index in [1.807, 2.05) is 0 Å². The molecular weight excluding hydrogens is 204 g/mol. The van der Waals surface area contributed by atoms with Gasteiger partial charge in [-0.1, -0.05) is 0 Å². The molecule has 84 valence electrons. The smallest absolute Gasteiger partial charge is 0.328 e. The molecule has 0 aromatic heterocycles. The molecule has 0 bridgehead atoms. The van der Waals surface area contributed by atoms with Gasteiger partial charge in [-0.3, -0.25) is 9.59 Å². The molecule has 7 heteroatoms. The summed E-state index contributed by atoms with van der Waals surface area (Å²) in [5.74, 6) is -2.31. The molecular formula is C8H12N2O5. The molecule has 1 aliphatic heterocycles. The van der Waals surface area contributed by atoms with Crippen LogP contribution in [0.2, 0.25) is 0 Å². The molecule has 2 atom stereocenters. The highest BCUT2D eigenvalue weighted by atomic mass is 16.5. The maximum absolute atomic E-state index is 11.2. The Morgan fingerprint density at radius 1 is 1.67 bits per heavy atom. The van der Waals surface area contributed by atoms with E-state index in [9.17, 15) is 14.4 Å². The van der Waals surface area contributed by atoms with Gasteiger partial charge >= 0.3 is 11.9 Å². The fourth-order valence-corrected chi connectivity index (χ4v) is 1.17. The Labute approximate surface area is 85.6 Å². The molecule has 1 amide bonds. The predicted octanol–water partition coefficient (Wildman–Crippen LogP) is -1.78. The fraction of sp³-hybridized carbons (Fsp3) is 0.625. The molecule has 0 radical (unpaired) electrons. The van der Waals surface area contributed by atoms with E-state index < -0.39 is 29.9 Å². The number of cyclic esters (lactones) is 1. The number of hydrogen-bond acceptors (Lipinski definition) is 5. The summed E-state index contributed by atoms with van der Waals surface area (Å²) in [4.78, 5) is 32.5. The van der Waals surface area contributed by atoms with Gasteiger partial charge in [-0.2, -0.15) is 0 Å². The monoisotopic (exact) mass is 216 g/mol. The van der Waals surface area contributed by atoms with Crippen molar-refractivity contribution in [2.45, 2.75) is 24.9 Å². The first-order chi connectivity index (χ1) is 7.00. The van der Waals surface area contributed by atoms with E-state index >= 15 is 0 Å². The van der Waals surface area contributed by atoms with Crippen LogP contribution in [0.5, 0.6) is 0 Å². The van der Waals surface area contributed by atoms with Crippen molar-refractivity contribution in [3.8, 4) is 0 Å². The Balaban J connectivity index is 2.35. The van der Waals surface area contributed by atoms with Gasteiger partial charge in [-0.05, 0) is 0 Å². The number of hydrogen-bond donors (Lipinski definition) is 3. The molecule has 0 spiro atoms. The van der Waals surface area contributed by atoms with Crippen molar-refractivity contribution >= 4 is 17.8 Å². The summed E-state index contributed by atoms with van der Waals surface area (Å²) in [7, 11) is 0. The minimum atomic E-state index is -1.25. The number of nitrogens with two attached hydrogens (primary N) is 1. The van der Waals surface area contributed by atoms with Gasteiger partial charge in [0.2, 0.25) is 5.91 Å². The van der Waals surface area contributed by atoms with Gasteiger partial charge in [0.05, 0.1) is 13.0 Å². The third kappa shape index (κ3) is 3.21. The minimum Gasteiger partial charge on any atom is -0.480 e. The third-order valence-corrected chi connectivity index (χ3v) is 1.99. The number of rotatable bonds is 4. The summed E-state index contributed by atoms with van der Waals surface area (Å²) in [6.45, 7) is 0.273. The lowest BCUT2D eigenvalue weighted by atomic mass is 10.2. The summed E-state index contributed by atoms with van der Waals surface area (Å²) in [6.07, 6.45) is 0.0615. The molecule has 1 heterocycles. The van der Waals surface area contributed by atoms with Gasteiger partial charge in [0, 0.05) is 6.42 Å². The summed E-state index contributed by atoms with van der Waals surface area (Å²) in [5.41, 5.74) is 5.15. The maximum Gasteiger partial charge on any atom is 0.328 e. The number of nitrogens with one attached hydrogen (secondary N) is 1. The van der Waals surface area contributed by atoms with Crippen LogP contribution >= 0.6 is 0 Å². The summed E-state index contributed by atoms with van der Waals surface area (Å²) >= 11 is 0. The molecule has 1 rings (SSSR count). The van der Waals surface area contributed by atoms with Gasteiger partial charge in [0.25, 0.3) is 0 Å². The van der Waals surface area contributed by atoms with Crippen molar-refractivity contribution in [1.82, 2.24) is 5.32 Å². The lowest BCUT2D eigenvalue weighted by Crippen LogP contribution is -2.42. The van der Waals surface area contributed by atoms with Gasteiger partial charge in [-0.25, -0.2) is 4.79 Å². The average molecular weight is 216 g/mol. The molecule has 1 fully saturated rings. The van der Waals surface area contributed by atoms with Crippen LogP contribution in [0.15, 0.2) is 0 Å². The Morgan fingerprint density at radius 3 is 2.80 bits per heavy atom. The van der Waals surface area contributed by atoms with Gasteiger partial charge in [0.1, 0.15) is 12.1 Å². The van der Waals surface area contributed by atoms with Crippen molar-refractivity contribution in [2.75, 3.05) is 6.61 Å². The zero-order chi connectivity index (χ0) is 11.4. The van der Waals surface area contributed by atoms with E-state index in [2.05, 4.69) is 10.1 Å². The number of amides is 1. The second-order valence-electron chi connectivity index (χ2n) is 3.23. The van der Waals surface area contributed by atoms with Crippen molar-refractivity contribution in [2.24, 2.45) is 5.73 Å². The normalized spacial score (nSPS) is 21.9. The van der Waals surface area contributed by atoms with Crippen LogP contribution in [0, 0.1) is 0 Å². The van der Waals surface area contributed by atoms with Crippen LogP contribution in [-0.4, -0.2) is 41.6 Å². The lowest BCUT2D eigenvalue weighted by Gasteiger charge is -2.10. The molecule has 0 unspecified atom stereocenters. The van der Waals surface area contributed by atoms with Crippen LogP contribution in [-0.2, 0) is 19.1 Å². The summed E-state index contributed by atoms with van der Waals surface area (Å²) < 4.78 is 4.62. The van der Waals surface area contributed by atoms with E-state index in [4.69, 9.17) is 10.8 Å². The van der Waals surface area contributed by atoms with Crippen LogP contribution in [0.25, 0.3) is 0 Å². The topological polar surface area (TPSA) is 119 Å². The van der Waals surface area contributed by atoms with Crippen LogP contribution in [0.3, 0.4) is 0 Å². The number of carboxylic acids is 1. The molecule has 15 heavy (non-hydrogen) atoms. The van der Waals surface area contributed by atoms with Crippen LogP contribution < -0.4 is 11.1 Å². The number of esters is 1. The van der Waals surface area contributed by atoms with E-state index in [0.29, 0.717) is 6.42 Å². The van der Waals surface area contributed by atoms with Crippen molar-refractivity contribution < 1.29 is 24.2 Å². The highest BCUT2D eigenvalue weighted by molar-refractivity contribution is 5.88. The Bertz CT molecular complexity index is 291. The molecule has 1 saturated heterocycles. The van der Waals surface area contributed by atoms with E-state index in [-0.39, 0.29) is 13.0 Å². The van der Waals surface area contributed by atoms with Crippen molar-refractivity contribution in [1.29, 1.82) is 0 Å². The number of carboxylic acid groups (broad SMARTS) is 1. The van der Waals surface area contributed by atoms with Crippen molar-refractivity contribution in [3.63, 3.8) is 0 Å². The molecule has 0 saturated carbocycles. The molecule has 7 nitrogen and oxygen atoms in total. The first-order valence-electron chi connectivity index (χ1n) is 4.45. The van der Waals surface area contributed by atoms with Gasteiger partial charge < -0.3 is 20.9 Å². The van der Waals surface area contributed by atoms with E-state index in [1.54, 1.807) is 0 Å². The average Bonchev–Trinajstić information content (AvgIpc) is 2.51. The Kier molecular flexibility index (Phi) is 3.62. The molecule has 4 N–H and O–H groups in total. The summed E-state index contributed by atoms with van der Waals surface area (Å²) in [6, 6.07) is -1.92. The highest BCUT2D eigenvalue weighted by Crippen LogP contribution is 2.05. The molecule has 0 aromatic rings. The van der Waals surface area contributed by atoms with Gasteiger partial charge in [-0.15, -0.1) is 0 Å². The van der Waals surface area contributed by atoms with E-state index in [1.165, 1.54) is 0 Å². The van der Waals surface area contributed by atoms with Crippen LogP contribution in [0.1, 0.15) is 12.8 Å². The summed E-state index contributed by atoms with van der Waals surface area (Å²) in [5, 5.41) is 10.8. The number of carbonyl (C=O) groups is 3. The molecule has 1 aliphatic rings. The number of aliphatic carboxylic acids is 1. The third-order valence-electron chi connectivity index (χ3n) is 1.99. The van der Waals surface area contributed by atoms with Crippen molar-refractivity contribution in [3.05, 3.63) is 0 Å². The first-order valence-corrected chi connectivity index (χ1v) is 4.45. The SMILES string of the molecule is N[C@@H](CC(=O)N[C@H]1CCOC1=O)C(=O)O. The molecule has 0 aliphatic carbocycles. The Hall–Kier alpha value is -1.63. The van der Waals surface area contributed by atoms with Gasteiger partial charge in [0.15, 0.2) is 0 Å². The Morgan fingerprint density at radius 2 is 2.33 bits per heavy atom. The number of carbonyl (C=O) groups excluding carboxylic acids is 2. The zero-order valence-corrected chi connectivity index (χ0v) is 7.93. The second-order valence-corrected chi connectivity index (χ2v) is 3.23. The second kappa shape index (κ2) is 4.74. The molecule has 0 aromatic carbocycles. The minimum absolute atomic E-state index is 0.273. The highest BCUT2D eigenvalue weighted by Gasteiger charge is 2.28. The quantitative estimate of drug-likeness (QED) is 0.478. The maximum atomic E-state index is 11.2.